The average molecular weight is 1270 g/mol. The number of carbonyl (C=O) groups is 2. The molecule has 9 nitrogen and oxygen atoms in total. The third-order valence-electron chi connectivity index (χ3n) is 15.7. The van der Waals surface area contributed by atoms with Crippen molar-refractivity contribution in [3.63, 3.8) is 0 Å². The highest BCUT2D eigenvalue weighted by Crippen LogP contribution is 2.38. The van der Waals surface area contributed by atoms with Crippen LogP contribution in [0.5, 0.6) is 0 Å². The monoisotopic (exact) mass is 1270 g/mol. The molecule has 0 aliphatic rings. The van der Waals surface area contributed by atoms with Crippen molar-refractivity contribution >= 4 is 19.8 Å². The highest BCUT2D eigenvalue weighted by atomic mass is 31.2. The molecule has 516 valence electrons. The van der Waals surface area contributed by atoms with Crippen LogP contribution in [0.3, 0.4) is 0 Å². The summed E-state index contributed by atoms with van der Waals surface area (Å²) in [7, 11) is 1.16. The number of unbranched alkanes of at least 4 members (excludes halogenated alkanes) is 31. The van der Waals surface area contributed by atoms with Crippen molar-refractivity contribution in [3.8, 4) is 0 Å². The number of allylic oxidation sites excluding steroid dienone is 22. The Labute approximate surface area is 555 Å². The maximum atomic E-state index is 12.9. The van der Waals surface area contributed by atoms with Gasteiger partial charge >= 0.3 is 11.9 Å². The van der Waals surface area contributed by atoms with E-state index in [4.69, 9.17) is 18.5 Å². The maximum absolute atomic E-state index is 12.9. The molecule has 0 aliphatic heterocycles. The van der Waals surface area contributed by atoms with Gasteiger partial charge in [0, 0.05) is 12.8 Å². The van der Waals surface area contributed by atoms with Crippen LogP contribution in [-0.2, 0) is 32.7 Å². The molecule has 2 unspecified atom stereocenters. The van der Waals surface area contributed by atoms with Crippen LogP contribution in [0.4, 0.5) is 0 Å². The van der Waals surface area contributed by atoms with Gasteiger partial charge in [-0.2, -0.15) is 0 Å². The Kier molecular flexibility index (Phi) is 66.5. The van der Waals surface area contributed by atoms with Gasteiger partial charge in [0.25, 0.3) is 7.82 Å². The second-order valence-corrected chi connectivity index (χ2v) is 27.0. The van der Waals surface area contributed by atoms with Crippen LogP contribution in [0.25, 0.3) is 0 Å². The van der Waals surface area contributed by atoms with Gasteiger partial charge in [-0.25, -0.2) is 0 Å². The average Bonchev–Trinajstić information content (AvgIpc) is 3.62. The number of carbonyl (C=O) groups excluding carboxylic acids is 2. The molecule has 0 fully saturated rings. The van der Waals surface area contributed by atoms with Gasteiger partial charge in [-0.3, -0.25) is 14.2 Å². The van der Waals surface area contributed by atoms with Gasteiger partial charge in [-0.15, -0.1) is 0 Å². The van der Waals surface area contributed by atoms with Crippen LogP contribution in [0.1, 0.15) is 309 Å². The lowest BCUT2D eigenvalue weighted by atomic mass is 10.0. The zero-order valence-electron chi connectivity index (χ0n) is 58.8. The smallest absolute Gasteiger partial charge is 0.306 e. The van der Waals surface area contributed by atoms with Crippen molar-refractivity contribution in [2.24, 2.45) is 0 Å². The summed E-state index contributed by atoms with van der Waals surface area (Å²) in [5.41, 5.74) is 0. The Morgan fingerprint density at radius 1 is 0.356 bits per heavy atom. The Hall–Kier alpha value is -3.85. The molecular formula is C80H138NO8P. The Morgan fingerprint density at radius 3 is 0.956 bits per heavy atom. The van der Waals surface area contributed by atoms with Crippen LogP contribution in [0.15, 0.2) is 134 Å². The minimum atomic E-state index is -4.65. The van der Waals surface area contributed by atoms with Crippen molar-refractivity contribution in [3.05, 3.63) is 134 Å². The zero-order chi connectivity index (χ0) is 65.5. The Bertz CT molecular complexity index is 1980. The maximum Gasteiger partial charge on any atom is 0.306 e. The first-order valence-corrected chi connectivity index (χ1v) is 38.4. The Morgan fingerprint density at radius 2 is 0.633 bits per heavy atom. The van der Waals surface area contributed by atoms with E-state index in [9.17, 15) is 19.0 Å². The third kappa shape index (κ3) is 73.2. The van der Waals surface area contributed by atoms with Crippen molar-refractivity contribution in [1.82, 2.24) is 0 Å². The number of likely N-dealkylation sites (N-methyl/N-ethyl adjacent to an activating group) is 1. The number of hydrogen-bond acceptors (Lipinski definition) is 8. The van der Waals surface area contributed by atoms with Gasteiger partial charge in [0.15, 0.2) is 6.10 Å². The van der Waals surface area contributed by atoms with Crippen molar-refractivity contribution in [2.75, 3.05) is 47.5 Å². The van der Waals surface area contributed by atoms with Crippen LogP contribution in [-0.4, -0.2) is 70.0 Å². The zero-order valence-corrected chi connectivity index (χ0v) is 59.7. The normalized spacial score (nSPS) is 13.9. The highest BCUT2D eigenvalue weighted by Gasteiger charge is 2.22. The lowest BCUT2D eigenvalue weighted by molar-refractivity contribution is -0.870. The third-order valence-corrected chi connectivity index (χ3v) is 16.6. The number of quaternary nitrogens is 1. The Balaban J connectivity index is 4.07. The second-order valence-electron chi connectivity index (χ2n) is 25.6. The van der Waals surface area contributed by atoms with Gasteiger partial charge in [0.1, 0.15) is 19.8 Å². The summed E-state index contributed by atoms with van der Waals surface area (Å²) >= 11 is 0. The first kappa shape index (κ1) is 86.2. The molecule has 0 aromatic carbocycles. The molecule has 0 aromatic rings. The topological polar surface area (TPSA) is 111 Å². The molecule has 0 saturated carbocycles. The van der Waals surface area contributed by atoms with Crippen molar-refractivity contribution in [1.29, 1.82) is 0 Å². The standard InChI is InChI=1S/C80H138NO8P/c1-6-8-10-12-14-16-18-20-22-24-26-28-30-32-33-34-35-36-37-38-39-40-41-42-43-44-45-46-47-49-51-53-55-57-59-61-63-65-67-69-71-73-80(83)89-78(77-88-90(84,85)87-75-74-81(3,4)5)76-86-79(82)72-70-68-66-64-62-60-58-56-54-52-50-48-31-29-27-25-23-21-19-17-15-13-11-9-7-2/h8,10,14,16,20,22,25-28,32-33,35-36,38-39,41-42,44-45,47,49,78H,6-7,9,11-13,15,17-19,21,23-24,29-31,34,37,40,43,46,48,50-77H2,1-5H3/b10-8-,16-14-,22-20-,27-25-,28-26-,33-32-,36-35-,39-38-,42-41-,45-44-,49-47-. The fraction of sp³-hybridized carbons (Fsp3) is 0.700. The van der Waals surface area contributed by atoms with Gasteiger partial charge in [0.05, 0.1) is 27.7 Å². The van der Waals surface area contributed by atoms with Gasteiger partial charge in [-0.1, -0.05) is 314 Å². The van der Waals surface area contributed by atoms with E-state index in [0.717, 1.165) is 109 Å². The van der Waals surface area contributed by atoms with Crippen LogP contribution >= 0.6 is 7.82 Å². The van der Waals surface area contributed by atoms with Gasteiger partial charge in [-0.05, 0) is 116 Å². The molecule has 0 N–H and O–H groups in total. The quantitative estimate of drug-likeness (QED) is 0.0195. The van der Waals surface area contributed by atoms with Crippen molar-refractivity contribution in [2.45, 2.75) is 315 Å². The van der Waals surface area contributed by atoms with E-state index in [1.807, 2.05) is 21.1 Å². The van der Waals surface area contributed by atoms with E-state index < -0.39 is 26.5 Å². The molecular weight excluding hydrogens is 1130 g/mol. The second kappa shape index (κ2) is 69.5. The fourth-order valence-corrected chi connectivity index (χ4v) is 10.8. The number of ether oxygens (including phenoxy) is 2. The summed E-state index contributed by atoms with van der Waals surface area (Å²) in [5, 5.41) is 0. The van der Waals surface area contributed by atoms with E-state index in [1.165, 1.54) is 167 Å². The first-order chi connectivity index (χ1) is 44.0. The molecule has 0 amide bonds. The van der Waals surface area contributed by atoms with Crippen LogP contribution in [0.2, 0.25) is 0 Å². The molecule has 0 spiro atoms. The summed E-state index contributed by atoms with van der Waals surface area (Å²) in [6.45, 7) is 4.14. The van der Waals surface area contributed by atoms with E-state index in [-0.39, 0.29) is 32.0 Å². The summed E-state index contributed by atoms with van der Waals surface area (Å²) < 4.78 is 34.3. The van der Waals surface area contributed by atoms with E-state index in [1.54, 1.807) is 0 Å². The molecule has 0 aliphatic carbocycles. The summed E-state index contributed by atoms with van der Waals surface area (Å²) in [5.74, 6) is -0.835. The number of esters is 2. The van der Waals surface area contributed by atoms with E-state index in [2.05, 4.69) is 148 Å². The SMILES string of the molecule is CC/C=C\C/C=C\C/C=C\C/C=C\C/C=C\C/C=C\C/C=C\C/C=C\C/C=C\C/C=C\CCCCCCCCCCCCC(=O)OC(COC(=O)CCCCCCCCCCCCCCC/C=C\CCCCCCCCCC)COP(=O)([O-])OCC[N+](C)(C)C. The summed E-state index contributed by atoms with van der Waals surface area (Å²) in [6, 6.07) is 0. The number of nitrogens with zero attached hydrogens (tertiary/aromatic N) is 1. The number of hydrogen-bond donors (Lipinski definition) is 0. The number of phosphoric acid groups is 1. The summed E-state index contributed by atoms with van der Waals surface area (Å²) in [4.78, 5) is 38.1. The summed E-state index contributed by atoms with van der Waals surface area (Å²) in [6.07, 6.45) is 101. The predicted molar refractivity (Wildman–Crippen MR) is 388 cm³/mol. The van der Waals surface area contributed by atoms with Gasteiger partial charge < -0.3 is 27.9 Å². The number of rotatable bonds is 67. The molecule has 0 radical (unpaired) electrons. The molecule has 0 rings (SSSR count). The van der Waals surface area contributed by atoms with Crippen molar-refractivity contribution < 1.29 is 42.1 Å². The number of phosphoric ester groups is 1. The van der Waals surface area contributed by atoms with Gasteiger partial charge in [0.2, 0.25) is 0 Å². The molecule has 0 aromatic heterocycles. The largest absolute Gasteiger partial charge is 0.756 e. The van der Waals surface area contributed by atoms with E-state index >= 15 is 0 Å². The molecule has 0 heterocycles. The highest BCUT2D eigenvalue weighted by molar-refractivity contribution is 7.45. The molecule has 0 bridgehead atoms. The first-order valence-electron chi connectivity index (χ1n) is 36.9. The molecule has 10 heteroatoms. The minimum absolute atomic E-state index is 0.0362. The van der Waals surface area contributed by atoms with Crippen LogP contribution in [0, 0.1) is 0 Å². The molecule has 2 atom stereocenters. The van der Waals surface area contributed by atoms with Crippen LogP contribution < -0.4 is 4.89 Å². The minimum Gasteiger partial charge on any atom is -0.756 e. The molecule has 90 heavy (non-hydrogen) atoms. The lowest BCUT2D eigenvalue weighted by Gasteiger charge is -2.28. The fourth-order valence-electron chi connectivity index (χ4n) is 10.0. The lowest BCUT2D eigenvalue weighted by Crippen LogP contribution is -2.37. The molecule has 0 saturated heterocycles. The predicted octanol–water partition coefficient (Wildman–Crippen LogP) is 23.8. The van der Waals surface area contributed by atoms with E-state index in [0.29, 0.717) is 17.4 Å².